The maximum Gasteiger partial charge on any atom is 0.132 e. The number of hydrogen-bond acceptors (Lipinski definition) is 2. The van der Waals surface area contributed by atoms with Gasteiger partial charge in [0.15, 0.2) is 0 Å². The zero-order valence-corrected chi connectivity index (χ0v) is 10.3. The minimum absolute atomic E-state index is 0.284. The maximum atomic E-state index is 13.5. The molecule has 0 fully saturated rings. The van der Waals surface area contributed by atoms with E-state index in [2.05, 4.69) is 0 Å². The lowest BCUT2D eigenvalue weighted by atomic mass is 10.1. The van der Waals surface area contributed by atoms with Gasteiger partial charge in [0.1, 0.15) is 17.7 Å². The van der Waals surface area contributed by atoms with Gasteiger partial charge in [0.05, 0.1) is 5.56 Å². The second-order valence-corrected chi connectivity index (χ2v) is 5.21. The molecule has 1 heterocycles. The first-order valence-electron chi connectivity index (χ1n) is 5.19. The quantitative estimate of drug-likeness (QED) is 0.866. The second kappa shape index (κ2) is 4.55. The minimum atomic E-state index is -1.24. The zero-order chi connectivity index (χ0) is 12.6. The Morgan fingerprint density at radius 3 is 2.24 bits per heavy atom. The summed E-state index contributed by atoms with van der Waals surface area (Å²) in [6.07, 6.45) is -1.24. The van der Waals surface area contributed by atoms with Gasteiger partial charge in [-0.25, -0.2) is 8.78 Å². The molecule has 0 aliphatic carbocycles. The number of aliphatic hydroxyl groups is 1. The number of aryl methyl sites for hydroxylation is 2. The topological polar surface area (TPSA) is 20.2 Å². The molecule has 1 atom stereocenters. The first-order valence-corrected chi connectivity index (χ1v) is 6.01. The van der Waals surface area contributed by atoms with Crippen molar-refractivity contribution in [3.63, 3.8) is 0 Å². The minimum Gasteiger partial charge on any atom is -0.383 e. The van der Waals surface area contributed by atoms with Crippen molar-refractivity contribution in [2.24, 2.45) is 0 Å². The summed E-state index contributed by atoms with van der Waals surface area (Å²) in [7, 11) is 0. The summed E-state index contributed by atoms with van der Waals surface area (Å²) in [5.41, 5.74) is 0.731. The van der Waals surface area contributed by atoms with Crippen LogP contribution in [0.2, 0.25) is 0 Å². The molecule has 0 saturated carbocycles. The summed E-state index contributed by atoms with van der Waals surface area (Å²) in [6, 6.07) is 5.34. The van der Waals surface area contributed by atoms with E-state index in [1.165, 1.54) is 17.4 Å². The van der Waals surface area contributed by atoms with Crippen molar-refractivity contribution in [1.29, 1.82) is 0 Å². The highest BCUT2D eigenvalue weighted by atomic mass is 32.1. The van der Waals surface area contributed by atoms with Crippen molar-refractivity contribution < 1.29 is 13.9 Å². The molecule has 0 radical (unpaired) electrons. The smallest absolute Gasteiger partial charge is 0.132 e. The van der Waals surface area contributed by atoms with Crippen LogP contribution in [0, 0.1) is 25.5 Å². The summed E-state index contributed by atoms with van der Waals surface area (Å²) >= 11 is 1.35. The third-order valence-corrected chi connectivity index (χ3v) is 3.93. The highest BCUT2D eigenvalue weighted by Crippen LogP contribution is 2.32. The Labute approximate surface area is 102 Å². The third-order valence-electron chi connectivity index (χ3n) is 2.73. The molecule has 1 N–H and O–H groups in total. The van der Waals surface area contributed by atoms with Gasteiger partial charge in [-0.1, -0.05) is 6.07 Å². The van der Waals surface area contributed by atoms with Crippen LogP contribution in [-0.2, 0) is 0 Å². The molecule has 2 aromatic rings. The van der Waals surface area contributed by atoms with Gasteiger partial charge >= 0.3 is 0 Å². The Bertz CT molecular complexity index is 509. The van der Waals surface area contributed by atoms with E-state index in [1.54, 1.807) is 6.07 Å². The van der Waals surface area contributed by atoms with Crippen LogP contribution in [0.4, 0.5) is 8.78 Å². The fourth-order valence-electron chi connectivity index (χ4n) is 1.65. The molecule has 0 aliphatic rings. The first kappa shape index (κ1) is 12.2. The van der Waals surface area contributed by atoms with Crippen molar-refractivity contribution in [2.75, 3.05) is 0 Å². The molecule has 4 heteroatoms. The molecule has 0 spiro atoms. The Hall–Kier alpha value is -1.26. The number of benzene rings is 1. The monoisotopic (exact) mass is 254 g/mol. The molecule has 0 aliphatic heterocycles. The molecule has 90 valence electrons. The number of rotatable bonds is 2. The van der Waals surface area contributed by atoms with Gasteiger partial charge in [-0.3, -0.25) is 0 Å². The van der Waals surface area contributed by atoms with Gasteiger partial charge in [0.2, 0.25) is 0 Å². The molecule has 2 rings (SSSR count). The summed E-state index contributed by atoms with van der Waals surface area (Å²) in [4.78, 5) is 1.60. The average molecular weight is 254 g/mol. The Balaban J connectivity index is 2.47. The van der Waals surface area contributed by atoms with E-state index in [0.29, 0.717) is 4.88 Å². The molecule has 1 aromatic carbocycles. The second-order valence-electron chi connectivity index (χ2n) is 3.93. The molecular weight excluding hydrogens is 242 g/mol. The van der Waals surface area contributed by atoms with Crippen molar-refractivity contribution in [2.45, 2.75) is 20.0 Å². The molecule has 1 aromatic heterocycles. The summed E-state index contributed by atoms with van der Waals surface area (Å²) in [6.45, 7) is 3.81. The van der Waals surface area contributed by atoms with Gasteiger partial charge in [0.25, 0.3) is 0 Å². The van der Waals surface area contributed by atoms with E-state index in [-0.39, 0.29) is 5.56 Å². The van der Waals surface area contributed by atoms with E-state index >= 15 is 0 Å². The van der Waals surface area contributed by atoms with Crippen molar-refractivity contribution in [3.05, 3.63) is 56.8 Å². The van der Waals surface area contributed by atoms with E-state index in [4.69, 9.17) is 0 Å². The summed E-state index contributed by atoms with van der Waals surface area (Å²) < 4.78 is 27.0. The largest absolute Gasteiger partial charge is 0.383 e. The molecule has 1 nitrogen and oxygen atoms in total. The molecular formula is C13H12F2OS. The van der Waals surface area contributed by atoms with E-state index in [1.807, 2.05) is 13.8 Å². The first-order chi connectivity index (χ1) is 8.00. The van der Waals surface area contributed by atoms with Crippen LogP contribution in [0.3, 0.4) is 0 Å². The van der Waals surface area contributed by atoms with Crippen molar-refractivity contribution >= 4 is 11.3 Å². The molecule has 0 bridgehead atoms. The highest BCUT2D eigenvalue weighted by molar-refractivity contribution is 7.12. The zero-order valence-electron chi connectivity index (χ0n) is 9.50. The maximum absolute atomic E-state index is 13.5. The van der Waals surface area contributed by atoms with Crippen LogP contribution in [0.25, 0.3) is 0 Å². The third kappa shape index (κ3) is 2.23. The summed E-state index contributed by atoms with van der Waals surface area (Å²) in [5.74, 6) is -1.44. The Morgan fingerprint density at radius 1 is 1.18 bits per heavy atom. The highest BCUT2D eigenvalue weighted by Gasteiger charge is 2.21. The lowest BCUT2D eigenvalue weighted by Gasteiger charge is -2.10. The van der Waals surface area contributed by atoms with Crippen LogP contribution in [0.1, 0.15) is 27.0 Å². The van der Waals surface area contributed by atoms with Crippen LogP contribution in [0.15, 0.2) is 24.3 Å². The number of thiophene rings is 1. The predicted octanol–water partition coefficient (Wildman–Crippen LogP) is 3.72. The lowest BCUT2D eigenvalue weighted by molar-refractivity contribution is 0.212. The van der Waals surface area contributed by atoms with Gasteiger partial charge < -0.3 is 5.11 Å². The van der Waals surface area contributed by atoms with E-state index in [0.717, 1.165) is 22.6 Å². The Kier molecular flexibility index (Phi) is 3.26. The van der Waals surface area contributed by atoms with Crippen LogP contribution in [-0.4, -0.2) is 5.11 Å². The van der Waals surface area contributed by atoms with Gasteiger partial charge in [0, 0.05) is 9.75 Å². The normalized spacial score (nSPS) is 12.8. The van der Waals surface area contributed by atoms with E-state index in [9.17, 15) is 13.9 Å². The van der Waals surface area contributed by atoms with Gasteiger partial charge in [-0.05, 0) is 37.6 Å². The number of aliphatic hydroxyl groups excluding tert-OH is 1. The van der Waals surface area contributed by atoms with Gasteiger partial charge in [-0.2, -0.15) is 0 Å². The number of hydrogen-bond donors (Lipinski definition) is 1. The fourth-order valence-corrected chi connectivity index (χ4v) is 2.69. The number of halogens is 2. The lowest BCUT2D eigenvalue weighted by Crippen LogP contribution is -2.03. The van der Waals surface area contributed by atoms with Crippen LogP contribution >= 0.6 is 11.3 Å². The SMILES string of the molecule is Cc1cc(C(O)c2c(F)cccc2F)sc1C. The van der Waals surface area contributed by atoms with Crippen LogP contribution in [0.5, 0.6) is 0 Å². The molecule has 0 saturated heterocycles. The molecule has 0 amide bonds. The van der Waals surface area contributed by atoms with Crippen molar-refractivity contribution in [1.82, 2.24) is 0 Å². The fraction of sp³-hybridized carbons (Fsp3) is 0.231. The van der Waals surface area contributed by atoms with Crippen LogP contribution < -0.4 is 0 Å². The standard InChI is InChI=1S/C13H12F2OS/c1-7-6-11(17-8(7)2)13(16)12-9(14)4-3-5-10(12)15/h3-6,13,16H,1-2H3. The van der Waals surface area contributed by atoms with E-state index < -0.39 is 17.7 Å². The van der Waals surface area contributed by atoms with Gasteiger partial charge in [-0.15, -0.1) is 11.3 Å². The Morgan fingerprint density at radius 2 is 1.76 bits per heavy atom. The average Bonchev–Trinajstić information content (AvgIpc) is 2.59. The molecule has 1 unspecified atom stereocenters. The predicted molar refractivity (Wildman–Crippen MR) is 64.2 cm³/mol. The summed E-state index contributed by atoms with van der Waals surface area (Å²) in [5, 5.41) is 10.0. The van der Waals surface area contributed by atoms with Crippen molar-refractivity contribution in [3.8, 4) is 0 Å². The molecule has 17 heavy (non-hydrogen) atoms.